The Balaban J connectivity index is 1.46. The first-order valence-electron chi connectivity index (χ1n) is 11.1. The van der Waals surface area contributed by atoms with Gasteiger partial charge in [-0.1, -0.05) is 12.1 Å². The van der Waals surface area contributed by atoms with Gasteiger partial charge in [0, 0.05) is 30.1 Å². The van der Waals surface area contributed by atoms with E-state index in [1.165, 1.54) is 41.7 Å². The molecule has 1 aliphatic heterocycles. The molecule has 1 fully saturated rings. The number of fused-ring (bicyclic) bond motifs is 1. The number of pyridine rings is 1. The van der Waals surface area contributed by atoms with Crippen molar-refractivity contribution >= 4 is 16.8 Å². The number of benzene rings is 2. The Morgan fingerprint density at radius 3 is 2.46 bits per heavy atom. The topological polar surface area (TPSA) is 66.3 Å². The fraction of sp³-hybridized carbons (Fsp3) is 0.231. The predicted molar refractivity (Wildman–Crippen MR) is 122 cm³/mol. The first kappa shape index (κ1) is 22.9. The second-order valence-corrected chi connectivity index (χ2v) is 8.62. The summed E-state index contributed by atoms with van der Waals surface area (Å²) in [6, 6.07) is 11.1. The Kier molecular flexibility index (Phi) is 5.70. The van der Waals surface area contributed by atoms with Gasteiger partial charge in [0.15, 0.2) is 5.43 Å². The molecule has 0 radical (unpaired) electrons. The maximum atomic E-state index is 13.9. The number of likely N-dealkylation sites (tertiary alicyclic amines) is 1. The zero-order valence-electron chi connectivity index (χ0n) is 18.4. The second kappa shape index (κ2) is 8.72. The number of alkyl halides is 3. The number of piperidine rings is 1. The molecule has 35 heavy (non-hydrogen) atoms. The van der Waals surface area contributed by atoms with E-state index in [9.17, 15) is 27.2 Å². The Bertz CT molecular complexity index is 1450. The highest BCUT2D eigenvalue weighted by Crippen LogP contribution is 2.37. The van der Waals surface area contributed by atoms with Gasteiger partial charge in [-0.3, -0.25) is 9.59 Å². The molecule has 9 heteroatoms. The number of amides is 1. The van der Waals surface area contributed by atoms with E-state index in [1.807, 2.05) is 6.07 Å². The standard InChI is InChI=1S/C26H20F4N2O3/c27-19-3-1-2-16(10-19)15-4-7-32(8-5-15)25(34)22-13-23(33)20-11-18(17-6-9-35-14-17)12-21(24(20)31-22)26(28,29)30/h1-3,6,9-15H,4-5,7-8H2,(H,31,33). The van der Waals surface area contributed by atoms with Crippen molar-refractivity contribution in [3.8, 4) is 11.1 Å². The number of H-pyrrole nitrogens is 1. The largest absolute Gasteiger partial charge is 0.472 e. The van der Waals surface area contributed by atoms with E-state index < -0.39 is 28.6 Å². The van der Waals surface area contributed by atoms with Gasteiger partial charge in [-0.25, -0.2) is 4.39 Å². The van der Waals surface area contributed by atoms with Gasteiger partial charge in [0.05, 0.1) is 23.6 Å². The third kappa shape index (κ3) is 4.45. The fourth-order valence-corrected chi connectivity index (χ4v) is 4.63. The van der Waals surface area contributed by atoms with E-state index in [-0.39, 0.29) is 28.4 Å². The van der Waals surface area contributed by atoms with E-state index in [1.54, 1.807) is 6.07 Å². The highest BCUT2D eigenvalue weighted by molar-refractivity contribution is 5.96. The number of carbonyl (C=O) groups excluding carboxylic acids is 1. The van der Waals surface area contributed by atoms with Gasteiger partial charge < -0.3 is 14.3 Å². The molecule has 0 aliphatic carbocycles. The number of rotatable bonds is 3. The zero-order valence-corrected chi connectivity index (χ0v) is 18.4. The van der Waals surface area contributed by atoms with Crippen molar-refractivity contribution in [1.82, 2.24) is 9.88 Å². The molecule has 3 heterocycles. The van der Waals surface area contributed by atoms with Gasteiger partial charge in [0.25, 0.3) is 5.91 Å². The minimum Gasteiger partial charge on any atom is -0.472 e. The highest BCUT2D eigenvalue weighted by Gasteiger charge is 2.35. The van der Waals surface area contributed by atoms with E-state index in [4.69, 9.17) is 4.42 Å². The second-order valence-electron chi connectivity index (χ2n) is 8.62. The molecule has 0 saturated carbocycles. The van der Waals surface area contributed by atoms with Gasteiger partial charge in [-0.15, -0.1) is 0 Å². The number of hydrogen-bond acceptors (Lipinski definition) is 3. The maximum Gasteiger partial charge on any atom is 0.418 e. The van der Waals surface area contributed by atoms with Crippen LogP contribution < -0.4 is 5.43 Å². The number of halogens is 4. The predicted octanol–water partition coefficient (Wildman–Crippen LogP) is 5.97. The van der Waals surface area contributed by atoms with Crippen LogP contribution in [0.1, 0.15) is 40.4 Å². The summed E-state index contributed by atoms with van der Waals surface area (Å²) in [5.41, 5.74) is -0.931. The molecule has 1 aliphatic rings. The van der Waals surface area contributed by atoms with Crippen LogP contribution in [-0.4, -0.2) is 28.9 Å². The smallest absolute Gasteiger partial charge is 0.418 e. The van der Waals surface area contributed by atoms with Crippen LogP contribution in [0.25, 0.3) is 22.0 Å². The Labute approximate surface area is 197 Å². The summed E-state index contributed by atoms with van der Waals surface area (Å²) < 4.78 is 60.3. The van der Waals surface area contributed by atoms with Crippen molar-refractivity contribution in [2.24, 2.45) is 0 Å². The summed E-state index contributed by atoms with van der Waals surface area (Å²) in [4.78, 5) is 30.0. The molecule has 0 unspecified atom stereocenters. The van der Waals surface area contributed by atoms with Crippen molar-refractivity contribution in [2.45, 2.75) is 24.9 Å². The number of nitrogens with zero attached hydrogens (tertiary/aromatic N) is 1. The molecule has 5 nitrogen and oxygen atoms in total. The van der Waals surface area contributed by atoms with Gasteiger partial charge in [-0.05, 0) is 60.2 Å². The molecule has 2 aromatic carbocycles. The van der Waals surface area contributed by atoms with Gasteiger partial charge >= 0.3 is 6.18 Å². The fourth-order valence-electron chi connectivity index (χ4n) is 4.63. The van der Waals surface area contributed by atoms with E-state index in [0.29, 0.717) is 31.5 Å². The van der Waals surface area contributed by atoms with Crippen LogP contribution in [0.4, 0.5) is 17.6 Å². The Morgan fingerprint density at radius 1 is 1.03 bits per heavy atom. The molecular formula is C26H20F4N2O3. The van der Waals surface area contributed by atoms with Gasteiger partial charge in [-0.2, -0.15) is 13.2 Å². The number of aromatic nitrogens is 1. The number of hydrogen-bond donors (Lipinski definition) is 1. The Hall–Kier alpha value is -3.88. The lowest BCUT2D eigenvalue weighted by Gasteiger charge is -2.32. The lowest BCUT2D eigenvalue weighted by Crippen LogP contribution is -2.38. The Morgan fingerprint density at radius 2 is 1.80 bits per heavy atom. The maximum absolute atomic E-state index is 13.9. The summed E-state index contributed by atoms with van der Waals surface area (Å²) in [6.45, 7) is 0.678. The van der Waals surface area contributed by atoms with E-state index in [2.05, 4.69) is 4.98 Å². The minimum absolute atomic E-state index is 0.0728. The van der Waals surface area contributed by atoms with Crippen LogP contribution in [0.15, 0.2) is 70.3 Å². The third-order valence-electron chi connectivity index (χ3n) is 6.43. The average molecular weight is 484 g/mol. The van der Waals surface area contributed by atoms with Crippen LogP contribution in [0, 0.1) is 5.82 Å². The first-order valence-corrected chi connectivity index (χ1v) is 11.1. The summed E-state index contributed by atoms with van der Waals surface area (Å²) in [7, 11) is 0. The molecule has 1 N–H and O–H groups in total. The lowest BCUT2D eigenvalue weighted by atomic mass is 9.89. The van der Waals surface area contributed by atoms with Crippen molar-refractivity contribution in [3.05, 3.63) is 93.9 Å². The zero-order chi connectivity index (χ0) is 24.7. The summed E-state index contributed by atoms with van der Waals surface area (Å²) >= 11 is 0. The molecule has 1 amide bonds. The number of aromatic amines is 1. The summed E-state index contributed by atoms with van der Waals surface area (Å²) in [5, 5.41) is -0.169. The SMILES string of the molecule is O=C(c1cc(=O)c2cc(-c3ccoc3)cc(C(F)(F)F)c2[nH]1)N1CCC(c2cccc(F)c2)CC1. The molecule has 0 bridgehead atoms. The monoisotopic (exact) mass is 484 g/mol. The van der Waals surface area contributed by atoms with Crippen molar-refractivity contribution < 1.29 is 26.8 Å². The summed E-state index contributed by atoms with van der Waals surface area (Å²) in [5.74, 6) is -0.802. The van der Waals surface area contributed by atoms with Crippen LogP contribution in [0.5, 0.6) is 0 Å². The molecule has 2 aromatic heterocycles. The van der Waals surface area contributed by atoms with Crippen molar-refractivity contribution in [1.29, 1.82) is 0 Å². The lowest BCUT2D eigenvalue weighted by molar-refractivity contribution is -0.136. The minimum atomic E-state index is -4.76. The number of nitrogens with one attached hydrogen (secondary N) is 1. The molecule has 0 atom stereocenters. The quantitative estimate of drug-likeness (QED) is 0.365. The van der Waals surface area contributed by atoms with Crippen LogP contribution in [0.2, 0.25) is 0 Å². The summed E-state index contributed by atoms with van der Waals surface area (Å²) in [6.07, 6.45) is -0.979. The van der Waals surface area contributed by atoms with Crippen LogP contribution in [-0.2, 0) is 6.18 Å². The molecule has 1 saturated heterocycles. The average Bonchev–Trinajstić information content (AvgIpc) is 3.38. The molecular weight excluding hydrogens is 464 g/mol. The van der Waals surface area contributed by atoms with Crippen LogP contribution in [0.3, 0.4) is 0 Å². The molecule has 4 aromatic rings. The first-order chi connectivity index (χ1) is 16.7. The normalized spacial score (nSPS) is 15.0. The van der Waals surface area contributed by atoms with E-state index in [0.717, 1.165) is 17.7 Å². The number of carbonyl (C=O) groups is 1. The van der Waals surface area contributed by atoms with Crippen molar-refractivity contribution in [3.63, 3.8) is 0 Å². The molecule has 5 rings (SSSR count). The van der Waals surface area contributed by atoms with Crippen LogP contribution >= 0.6 is 0 Å². The van der Waals surface area contributed by atoms with Crippen molar-refractivity contribution in [2.75, 3.05) is 13.1 Å². The third-order valence-corrected chi connectivity index (χ3v) is 6.43. The van der Waals surface area contributed by atoms with E-state index >= 15 is 0 Å². The number of furan rings is 1. The molecule has 0 spiro atoms. The van der Waals surface area contributed by atoms with Gasteiger partial charge in [0.2, 0.25) is 0 Å². The highest BCUT2D eigenvalue weighted by atomic mass is 19.4. The molecule has 180 valence electrons. The van der Waals surface area contributed by atoms with Gasteiger partial charge in [0.1, 0.15) is 11.5 Å².